The van der Waals surface area contributed by atoms with Crippen LogP contribution in [-0.4, -0.2) is 10.8 Å². The predicted molar refractivity (Wildman–Crippen MR) is 123 cm³/mol. The fourth-order valence-electron chi connectivity index (χ4n) is 3.72. The number of aromatic nitrogens is 1. The Morgan fingerprint density at radius 1 is 1.03 bits per heavy atom. The highest BCUT2D eigenvalue weighted by molar-refractivity contribution is 5.34. The zero-order chi connectivity index (χ0) is 23.1. The lowest BCUT2D eigenvalue weighted by atomic mass is 10.1. The second kappa shape index (κ2) is 11.0. The minimum Gasteiger partial charge on any atom is -0.469 e. The SMILES string of the molecule is CCCCCc1cn(Cc2c(F)cccc2F)c(C)c(OC(N)Cc2ccccc2)c1=O. The standard InChI is InChI=1S/C26H30F2N2O2/c1-3-4-6-12-20-16-30(17-21-22(27)13-9-14-23(21)28)18(2)26(25(20)31)32-24(29)15-19-10-7-5-8-11-19/h5,7-11,13-14,16,24H,3-4,6,12,15,17,29H2,1-2H3. The topological polar surface area (TPSA) is 57.2 Å². The van der Waals surface area contributed by atoms with Gasteiger partial charge in [-0.3, -0.25) is 10.5 Å². The molecule has 32 heavy (non-hydrogen) atoms. The molecule has 4 nitrogen and oxygen atoms in total. The van der Waals surface area contributed by atoms with Gasteiger partial charge in [-0.2, -0.15) is 0 Å². The zero-order valence-electron chi connectivity index (χ0n) is 18.6. The summed E-state index contributed by atoms with van der Waals surface area (Å²) in [6, 6.07) is 13.4. The van der Waals surface area contributed by atoms with Crippen molar-refractivity contribution in [3.8, 4) is 5.75 Å². The van der Waals surface area contributed by atoms with Gasteiger partial charge in [0.05, 0.1) is 12.2 Å². The Bertz CT molecular complexity index is 1080. The van der Waals surface area contributed by atoms with Crippen LogP contribution in [0.5, 0.6) is 5.75 Å². The van der Waals surface area contributed by atoms with Crippen molar-refractivity contribution in [2.75, 3.05) is 0 Å². The Morgan fingerprint density at radius 3 is 2.38 bits per heavy atom. The van der Waals surface area contributed by atoms with Crippen molar-refractivity contribution < 1.29 is 13.5 Å². The molecule has 1 heterocycles. The maximum absolute atomic E-state index is 14.3. The summed E-state index contributed by atoms with van der Waals surface area (Å²) in [5, 5.41) is 0. The molecule has 1 aromatic heterocycles. The van der Waals surface area contributed by atoms with E-state index >= 15 is 0 Å². The van der Waals surface area contributed by atoms with E-state index in [1.165, 1.54) is 18.2 Å². The van der Waals surface area contributed by atoms with Crippen LogP contribution in [0.25, 0.3) is 0 Å². The molecule has 0 aliphatic heterocycles. The Hall–Kier alpha value is -2.99. The molecule has 1 unspecified atom stereocenters. The average Bonchev–Trinajstić information content (AvgIpc) is 2.77. The third-order valence-corrected chi connectivity index (χ3v) is 5.56. The number of unbranched alkanes of at least 4 members (excludes halogenated alkanes) is 2. The van der Waals surface area contributed by atoms with Crippen molar-refractivity contribution in [3.05, 3.63) is 99.0 Å². The number of rotatable bonds is 10. The number of ether oxygens (including phenoxy) is 1. The highest BCUT2D eigenvalue weighted by atomic mass is 19.1. The fourth-order valence-corrected chi connectivity index (χ4v) is 3.72. The molecule has 0 fully saturated rings. The summed E-state index contributed by atoms with van der Waals surface area (Å²) in [5.41, 5.74) is 7.97. The molecule has 6 heteroatoms. The fraction of sp³-hybridized carbons (Fsp3) is 0.346. The largest absolute Gasteiger partial charge is 0.469 e. The normalized spacial score (nSPS) is 12.0. The molecular formula is C26H30F2N2O2. The van der Waals surface area contributed by atoms with E-state index in [1.54, 1.807) is 17.7 Å². The van der Waals surface area contributed by atoms with Gasteiger partial charge in [0.1, 0.15) is 11.6 Å². The van der Waals surface area contributed by atoms with Crippen molar-refractivity contribution in [2.45, 2.75) is 58.7 Å². The number of benzene rings is 2. The molecule has 0 saturated heterocycles. The van der Waals surface area contributed by atoms with Gasteiger partial charge in [-0.1, -0.05) is 56.2 Å². The van der Waals surface area contributed by atoms with Crippen LogP contribution in [0.2, 0.25) is 0 Å². The summed E-state index contributed by atoms with van der Waals surface area (Å²) < 4.78 is 36.2. The van der Waals surface area contributed by atoms with E-state index < -0.39 is 17.9 Å². The molecule has 0 aliphatic carbocycles. The minimum atomic E-state index is -0.728. The van der Waals surface area contributed by atoms with Crippen LogP contribution < -0.4 is 15.9 Å². The van der Waals surface area contributed by atoms with Crippen LogP contribution in [-0.2, 0) is 19.4 Å². The summed E-state index contributed by atoms with van der Waals surface area (Å²) in [6.07, 6.45) is 4.81. The summed E-state index contributed by atoms with van der Waals surface area (Å²) in [7, 11) is 0. The molecule has 0 saturated carbocycles. The van der Waals surface area contributed by atoms with E-state index in [0.29, 0.717) is 24.1 Å². The Kier molecular flexibility index (Phi) is 8.17. The number of nitrogens with zero attached hydrogens (tertiary/aromatic N) is 1. The summed E-state index contributed by atoms with van der Waals surface area (Å²) in [4.78, 5) is 13.2. The summed E-state index contributed by atoms with van der Waals surface area (Å²) in [5.74, 6) is -1.11. The summed E-state index contributed by atoms with van der Waals surface area (Å²) in [6.45, 7) is 3.75. The van der Waals surface area contributed by atoms with Crippen LogP contribution >= 0.6 is 0 Å². The van der Waals surface area contributed by atoms with Crippen molar-refractivity contribution in [1.29, 1.82) is 0 Å². The smallest absolute Gasteiger partial charge is 0.226 e. The lowest BCUT2D eigenvalue weighted by Gasteiger charge is -2.21. The van der Waals surface area contributed by atoms with E-state index in [0.717, 1.165) is 24.8 Å². The molecule has 3 aromatic rings. The lowest BCUT2D eigenvalue weighted by Crippen LogP contribution is -2.33. The molecule has 170 valence electrons. The lowest BCUT2D eigenvalue weighted by molar-refractivity contribution is 0.204. The molecule has 0 bridgehead atoms. The Balaban J connectivity index is 1.95. The van der Waals surface area contributed by atoms with Gasteiger partial charge in [-0.25, -0.2) is 8.78 Å². The van der Waals surface area contributed by atoms with Gasteiger partial charge in [0, 0.05) is 23.7 Å². The molecule has 0 spiro atoms. The molecule has 1 atom stereocenters. The molecule has 2 N–H and O–H groups in total. The number of halogens is 2. The second-order valence-electron chi connectivity index (χ2n) is 8.03. The van der Waals surface area contributed by atoms with Crippen LogP contribution in [0.4, 0.5) is 8.78 Å². The van der Waals surface area contributed by atoms with Gasteiger partial charge in [0.2, 0.25) is 5.43 Å². The van der Waals surface area contributed by atoms with Crippen LogP contribution in [0, 0.1) is 18.6 Å². The van der Waals surface area contributed by atoms with Gasteiger partial charge in [0.15, 0.2) is 12.0 Å². The number of nitrogens with two attached hydrogens (primary N) is 1. The maximum Gasteiger partial charge on any atom is 0.226 e. The highest BCUT2D eigenvalue weighted by Crippen LogP contribution is 2.21. The first-order valence-corrected chi connectivity index (χ1v) is 11.0. The third kappa shape index (κ3) is 5.82. The van der Waals surface area contributed by atoms with E-state index in [2.05, 4.69) is 6.92 Å². The van der Waals surface area contributed by atoms with E-state index in [1.807, 2.05) is 30.3 Å². The Morgan fingerprint density at radius 2 is 1.72 bits per heavy atom. The van der Waals surface area contributed by atoms with E-state index in [-0.39, 0.29) is 23.3 Å². The number of pyridine rings is 1. The zero-order valence-corrected chi connectivity index (χ0v) is 18.6. The van der Waals surface area contributed by atoms with Gasteiger partial charge in [-0.15, -0.1) is 0 Å². The first kappa shape index (κ1) is 23.7. The molecule has 0 radical (unpaired) electrons. The average molecular weight is 441 g/mol. The molecule has 0 amide bonds. The maximum atomic E-state index is 14.3. The van der Waals surface area contributed by atoms with Gasteiger partial charge < -0.3 is 9.30 Å². The molecule has 2 aromatic carbocycles. The number of hydrogen-bond acceptors (Lipinski definition) is 3. The monoisotopic (exact) mass is 440 g/mol. The molecular weight excluding hydrogens is 410 g/mol. The van der Waals surface area contributed by atoms with Crippen molar-refractivity contribution in [1.82, 2.24) is 4.57 Å². The molecule has 3 rings (SSSR count). The van der Waals surface area contributed by atoms with Crippen molar-refractivity contribution in [3.63, 3.8) is 0 Å². The van der Waals surface area contributed by atoms with Crippen molar-refractivity contribution in [2.24, 2.45) is 5.73 Å². The highest BCUT2D eigenvalue weighted by Gasteiger charge is 2.19. The van der Waals surface area contributed by atoms with Crippen LogP contribution in [0.15, 0.2) is 59.5 Å². The first-order valence-electron chi connectivity index (χ1n) is 11.0. The predicted octanol–water partition coefficient (Wildman–Crippen LogP) is 5.12. The third-order valence-electron chi connectivity index (χ3n) is 5.56. The van der Waals surface area contributed by atoms with Crippen LogP contribution in [0.1, 0.15) is 48.6 Å². The second-order valence-corrected chi connectivity index (χ2v) is 8.03. The number of hydrogen-bond donors (Lipinski definition) is 1. The van der Waals surface area contributed by atoms with Gasteiger partial charge in [-0.05, 0) is 37.5 Å². The quantitative estimate of drug-likeness (QED) is 0.352. The number of aryl methyl sites for hydroxylation is 1. The van der Waals surface area contributed by atoms with E-state index in [4.69, 9.17) is 10.5 Å². The first-order chi connectivity index (χ1) is 15.4. The van der Waals surface area contributed by atoms with Gasteiger partial charge >= 0.3 is 0 Å². The van der Waals surface area contributed by atoms with Crippen molar-refractivity contribution >= 4 is 0 Å². The van der Waals surface area contributed by atoms with Gasteiger partial charge in [0.25, 0.3) is 0 Å². The Labute approximate surface area is 187 Å². The van der Waals surface area contributed by atoms with E-state index in [9.17, 15) is 13.6 Å². The van der Waals surface area contributed by atoms with Crippen LogP contribution in [0.3, 0.4) is 0 Å². The molecule has 0 aliphatic rings. The minimum absolute atomic E-state index is 0.0460. The summed E-state index contributed by atoms with van der Waals surface area (Å²) >= 11 is 0.